The summed E-state index contributed by atoms with van der Waals surface area (Å²) in [6, 6.07) is 11.8. The van der Waals surface area contributed by atoms with E-state index in [1.807, 2.05) is 62.1 Å². The first-order valence-electron chi connectivity index (χ1n) is 13.4. The van der Waals surface area contributed by atoms with Crippen LogP contribution in [0.4, 0.5) is 0 Å². The van der Waals surface area contributed by atoms with Crippen LogP contribution in [0.5, 0.6) is 11.5 Å². The average molecular weight is 492 g/mol. The molecule has 0 saturated carbocycles. The van der Waals surface area contributed by atoms with Gasteiger partial charge in [0.25, 0.3) is 5.91 Å². The number of rotatable bonds is 7. The molecule has 0 radical (unpaired) electrons. The zero-order valence-electron chi connectivity index (χ0n) is 21.5. The highest BCUT2D eigenvalue weighted by molar-refractivity contribution is 6.00. The topological polar surface area (TPSA) is 79.9 Å². The molecule has 2 aromatic carbocycles. The van der Waals surface area contributed by atoms with Gasteiger partial charge in [-0.1, -0.05) is 30.3 Å². The number of carbonyl (C=O) groups excluding carboxylic acids is 2. The van der Waals surface area contributed by atoms with Crippen molar-refractivity contribution in [2.24, 2.45) is 5.92 Å². The van der Waals surface area contributed by atoms with E-state index in [0.29, 0.717) is 43.2 Å². The van der Waals surface area contributed by atoms with E-state index < -0.39 is 0 Å². The third-order valence-electron chi connectivity index (χ3n) is 7.83. The number of carbonyl (C=O) groups is 2. The SMILES string of the molecule is CCOc1cc2c(c(C(=O)N[C@H](C)c3ccccc3)c1OCC)[C@@H]1C[C@@H]3NCCC[C@@H]3C(=O)N1CC2. The van der Waals surface area contributed by atoms with Crippen LogP contribution in [0.3, 0.4) is 0 Å². The zero-order valence-corrected chi connectivity index (χ0v) is 21.5. The van der Waals surface area contributed by atoms with Gasteiger partial charge < -0.3 is 25.0 Å². The van der Waals surface area contributed by atoms with E-state index in [9.17, 15) is 9.59 Å². The van der Waals surface area contributed by atoms with Gasteiger partial charge in [0.05, 0.1) is 36.8 Å². The molecule has 2 fully saturated rings. The number of hydrogen-bond acceptors (Lipinski definition) is 5. The molecule has 4 atom stereocenters. The van der Waals surface area contributed by atoms with E-state index >= 15 is 0 Å². The Labute approximate surface area is 213 Å². The van der Waals surface area contributed by atoms with Crippen LogP contribution in [0.1, 0.15) is 79.2 Å². The maximum atomic E-state index is 14.0. The number of amides is 2. The van der Waals surface area contributed by atoms with E-state index in [1.165, 1.54) is 0 Å². The van der Waals surface area contributed by atoms with Gasteiger partial charge in [0.15, 0.2) is 11.5 Å². The van der Waals surface area contributed by atoms with Crippen molar-refractivity contribution in [2.75, 3.05) is 26.3 Å². The van der Waals surface area contributed by atoms with Crippen molar-refractivity contribution in [1.29, 1.82) is 0 Å². The van der Waals surface area contributed by atoms with E-state index in [2.05, 4.69) is 10.6 Å². The van der Waals surface area contributed by atoms with Gasteiger partial charge in [-0.05, 0) is 75.8 Å². The van der Waals surface area contributed by atoms with Crippen LogP contribution in [-0.4, -0.2) is 49.1 Å². The van der Waals surface area contributed by atoms with Crippen LogP contribution in [0.25, 0.3) is 0 Å². The molecule has 2 amide bonds. The van der Waals surface area contributed by atoms with Crippen molar-refractivity contribution in [1.82, 2.24) is 15.5 Å². The van der Waals surface area contributed by atoms with Gasteiger partial charge in [0.2, 0.25) is 5.91 Å². The van der Waals surface area contributed by atoms with Crippen LogP contribution in [0.2, 0.25) is 0 Å². The molecule has 0 aliphatic carbocycles. The predicted molar refractivity (Wildman–Crippen MR) is 138 cm³/mol. The van der Waals surface area contributed by atoms with Gasteiger partial charge in [0, 0.05) is 12.6 Å². The molecule has 7 heteroatoms. The Morgan fingerprint density at radius 1 is 1.19 bits per heavy atom. The molecular weight excluding hydrogens is 454 g/mol. The molecule has 36 heavy (non-hydrogen) atoms. The highest BCUT2D eigenvalue weighted by atomic mass is 16.5. The van der Waals surface area contributed by atoms with Gasteiger partial charge in [-0.15, -0.1) is 0 Å². The molecule has 5 rings (SSSR count). The second kappa shape index (κ2) is 10.5. The number of nitrogens with one attached hydrogen (secondary N) is 2. The molecule has 192 valence electrons. The average Bonchev–Trinajstić information content (AvgIpc) is 2.89. The minimum absolute atomic E-state index is 0.0287. The Bertz CT molecular complexity index is 1120. The minimum atomic E-state index is -0.194. The van der Waals surface area contributed by atoms with E-state index in [0.717, 1.165) is 42.5 Å². The number of piperidine rings is 2. The number of ether oxygens (including phenoxy) is 2. The van der Waals surface area contributed by atoms with Crippen LogP contribution in [0, 0.1) is 5.92 Å². The van der Waals surface area contributed by atoms with Crippen LogP contribution >= 0.6 is 0 Å². The summed E-state index contributed by atoms with van der Waals surface area (Å²) < 4.78 is 12.1. The molecule has 3 aliphatic rings. The van der Waals surface area contributed by atoms with Gasteiger partial charge in [-0.25, -0.2) is 0 Å². The highest BCUT2D eigenvalue weighted by Gasteiger charge is 2.47. The normalized spacial score (nSPS) is 23.7. The lowest BCUT2D eigenvalue weighted by atomic mass is 9.75. The number of hydrogen-bond donors (Lipinski definition) is 2. The Morgan fingerprint density at radius 3 is 2.72 bits per heavy atom. The molecule has 3 aliphatic heterocycles. The lowest BCUT2D eigenvalue weighted by Crippen LogP contribution is -2.58. The molecule has 2 saturated heterocycles. The first-order valence-corrected chi connectivity index (χ1v) is 13.4. The second-order valence-corrected chi connectivity index (χ2v) is 9.97. The van der Waals surface area contributed by atoms with Crippen LogP contribution in [-0.2, 0) is 11.2 Å². The highest BCUT2D eigenvalue weighted by Crippen LogP contribution is 2.47. The molecular formula is C29H37N3O4. The molecule has 0 bridgehead atoms. The molecule has 3 heterocycles. The van der Waals surface area contributed by atoms with Crippen molar-refractivity contribution in [2.45, 2.75) is 64.6 Å². The van der Waals surface area contributed by atoms with Crippen LogP contribution in [0.15, 0.2) is 36.4 Å². The number of nitrogens with zero attached hydrogens (tertiary/aromatic N) is 1. The Balaban J connectivity index is 1.60. The molecule has 0 aromatic heterocycles. The Hall–Kier alpha value is -3.06. The summed E-state index contributed by atoms with van der Waals surface area (Å²) in [6.07, 6.45) is 3.46. The summed E-state index contributed by atoms with van der Waals surface area (Å²) >= 11 is 0. The van der Waals surface area contributed by atoms with E-state index in [4.69, 9.17) is 9.47 Å². The predicted octanol–water partition coefficient (Wildman–Crippen LogP) is 4.17. The molecule has 2 aromatic rings. The summed E-state index contributed by atoms with van der Waals surface area (Å²) in [7, 11) is 0. The fraction of sp³-hybridized carbons (Fsp3) is 0.517. The van der Waals surface area contributed by atoms with Gasteiger partial charge >= 0.3 is 0 Å². The maximum Gasteiger partial charge on any atom is 0.256 e. The maximum absolute atomic E-state index is 14.0. The van der Waals surface area contributed by atoms with Gasteiger partial charge in [-0.3, -0.25) is 9.59 Å². The first kappa shape index (κ1) is 24.6. The first-order chi connectivity index (χ1) is 17.5. The fourth-order valence-corrected chi connectivity index (χ4v) is 6.18. The molecule has 2 N–H and O–H groups in total. The monoisotopic (exact) mass is 491 g/mol. The van der Waals surface area contributed by atoms with E-state index in [-0.39, 0.29) is 35.9 Å². The van der Waals surface area contributed by atoms with Gasteiger partial charge in [-0.2, -0.15) is 0 Å². The summed E-state index contributed by atoms with van der Waals surface area (Å²) in [5.41, 5.74) is 3.53. The summed E-state index contributed by atoms with van der Waals surface area (Å²) in [5.74, 6) is 1.12. The van der Waals surface area contributed by atoms with Gasteiger partial charge in [0.1, 0.15) is 0 Å². The van der Waals surface area contributed by atoms with Crippen molar-refractivity contribution in [3.8, 4) is 11.5 Å². The van der Waals surface area contributed by atoms with E-state index in [1.54, 1.807) is 0 Å². The number of benzene rings is 2. The van der Waals surface area contributed by atoms with Crippen molar-refractivity contribution in [3.63, 3.8) is 0 Å². The fourth-order valence-electron chi connectivity index (χ4n) is 6.18. The summed E-state index contributed by atoms with van der Waals surface area (Å²) in [4.78, 5) is 29.6. The largest absolute Gasteiger partial charge is 0.490 e. The molecule has 0 unspecified atom stereocenters. The lowest BCUT2D eigenvalue weighted by Gasteiger charge is -2.49. The standard InChI is InChI=1S/C29H37N3O4/c1-4-35-24-16-20-13-15-32-23(17-22-21(29(32)34)12-9-14-30-22)25(20)26(27(24)36-5-2)28(33)31-18(3)19-10-7-6-8-11-19/h6-8,10-11,16,18,21-23,30H,4-5,9,12-15,17H2,1-3H3,(H,31,33)/t18-,21+,22+,23+/m1/s1. The Morgan fingerprint density at radius 2 is 1.97 bits per heavy atom. The number of fused-ring (bicyclic) bond motifs is 4. The smallest absolute Gasteiger partial charge is 0.256 e. The van der Waals surface area contributed by atoms with Crippen molar-refractivity contribution in [3.05, 3.63) is 58.7 Å². The zero-order chi connectivity index (χ0) is 25.2. The van der Waals surface area contributed by atoms with Crippen molar-refractivity contribution >= 4 is 11.8 Å². The summed E-state index contributed by atoms with van der Waals surface area (Å²) in [5, 5.41) is 6.79. The second-order valence-electron chi connectivity index (χ2n) is 9.97. The third-order valence-corrected chi connectivity index (χ3v) is 7.83. The quantitative estimate of drug-likeness (QED) is 0.608. The minimum Gasteiger partial charge on any atom is -0.490 e. The molecule has 0 spiro atoms. The Kier molecular flexibility index (Phi) is 7.19. The van der Waals surface area contributed by atoms with Crippen molar-refractivity contribution < 1.29 is 19.1 Å². The molecule has 7 nitrogen and oxygen atoms in total. The third kappa shape index (κ3) is 4.45. The lowest BCUT2D eigenvalue weighted by molar-refractivity contribution is -0.145. The summed E-state index contributed by atoms with van der Waals surface area (Å²) in [6.45, 7) is 8.32. The van der Waals surface area contributed by atoms with Crippen LogP contribution < -0.4 is 20.1 Å².